The van der Waals surface area contributed by atoms with Crippen LogP contribution in [0.15, 0.2) is 60.7 Å². The fraction of sp³-hybridized carbons (Fsp3) is 0.0909. The summed E-state index contributed by atoms with van der Waals surface area (Å²) in [4.78, 5) is 24.9. The topological polar surface area (TPSA) is 72.8 Å². The molecular formula is C22H17FO5S. The lowest BCUT2D eigenvalue weighted by atomic mass is 10.1. The molecule has 0 fully saturated rings. The Hall–Kier alpha value is -3.45. The zero-order valence-electron chi connectivity index (χ0n) is 15.4. The summed E-state index contributed by atoms with van der Waals surface area (Å²) in [5, 5.41) is 8.70. The average molecular weight is 412 g/mol. The molecule has 0 radical (unpaired) electrons. The van der Waals surface area contributed by atoms with Crippen LogP contribution in [0.5, 0.6) is 11.5 Å². The van der Waals surface area contributed by atoms with Gasteiger partial charge in [-0.05, 0) is 60.2 Å². The first-order valence-corrected chi connectivity index (χ1v) is 9.39. The number of carbonyl (C=O) groups is 2. The van der Waals surface area contributed by atoms with Crippen molar-refractivity contribution in [1.29, 1.82) is 0 Å². The number of ketones is 1. The Kier molecular flexibility index (Phi) is 6.41. The van der Waals surface area contributed by atoms with Crippen LogP contribution in [0.2, 0.25) is 0 Å². The first-order valence-electron chi connectivity index (χ1n) is 8.57. The molecule has 29 heavy (non-hydrogen) atoms. The van der Waals surface area contributed by atoms with Gasteiger partial charge in [0.2, 0.25) is 0 Å². The first-order chi connectivity index (χ1) is 14.0. The molecule has 7 heteroatoms. The molecule has 3 aromatic rings. The normalized spacial score (nSPS) is 10.8. The highest BCUT2D eigenvalue weighted by Gasteiger charge is 2.11. The molecule has 0 aliphatic rings. The van der Waals surface area contributed by atoms with Crippen LogP contribution in [0.4, 0.5) is 4.39 Å². The monoisotopic (exact) mass is 412 g/mol. The zero-order valence-corrected chi connectivity index (χ0v) is 16.2. The summed E-state index contributed by atoms with van der Waals surface area (Å²) in [6.07, 6.45) is 3.16. The third kappa shape index (κ3) is 5.30. The summed E-state index contributed by atoms with van der Waals surface area (Å²) < 4.78 is 23.4. The molecule has 5 nitrogen and oxygen atoms in total. The number of hydrogen-bond donors (Lipinski definition) is 1. The van der Waals surface area contributed by atoms with E-state index in [4.69, 9.17) is 14.6 Å². The van der Waals surface area contributed by atoms with Crippen molar-refractivity contribution >= 4 is 29.2 Å². The van der Waals surface area contributed by atoms with E-state index < -0.39 is 12.6 Å². The Bertz CT molecular complexity index is 1050. The minimum absolute atomic E-state index is 0.232. The van der Waals surface area contributed by atoms with E-state index in [1.54, 1.807) is 24.3 Å². The maximum atomic E-state index is 13.0. The molecule has 1 N–H and O–H groups in total. The highest BCUT2D eigenvalue weighted by Crippen LogP contribution is 2.30. The SMILES string of the molecule is COc1cc(C(=O)/C=C/c2ccc(-c3ccc(F)cc3)s2)ccc1OCC(=O)O. The second-order valence-corrected chi connectivity index (χ2v) is 7.07. The number of carbonyl (C=O) groups excluding carboxylic acids is 1. The summed E-state index contributed by atoms with van der Waals surface area (Å²) >= 11 is 1.49. The lowest BCUT2D eigenvalue weighted by Crippen LogP contribution is -2.10. The molecule has 0 atom stereocenters. The number of benzene rings is 2. The Balaban J connectivity index is 1.72. The fourth-order valence-corrected chi connectivity index (χ4v) is 3.46. The predicted molar refractivity (Wildman–Crippen MR) is 109 cm³/mol. The second-order valence-electron chi connectivity index (χ2n) is 5.95. The van der Waals surface area contributed by atoms with Crippen molar-refractivity contribution in [3.05, 3.63) is 76.9 Å². The molecule has 0 saturated heterocycles. The van der Waals surface area contributed by atoms with E-state index in [0.29, 0.717) is 5.56 Å². The molecule has 0 amide bonds. The molecule has 0 aliphatic heterocycles. The van der Waals surface area contributed by atoms with Crippen LogP contribution in [0.3, 0.4) is 0 Å². The molecule has 1 heterocycles. The molecule has 1 aromatic heterocycles. The maximum Gasteiger partial charge on any atom is 0.341 e. The number of halogens is 1. The van der Waals surface area contributed by atoms with Crippen LogP contribution in [0, 0.1) is 5.82 Å². The Morgan fingerprint density at radius 3 is 2.52 bits per heavy atom. The standard InChI is InChI=1S/C22H17FO5S/c1-27-20-12-15(4-10-19(20)28-13-22(25)26)18(24)9-7-17-8-11-21(29-17)14-2-5-16(23)6-3-14/h2-12H,13H2,1H3,(H,25,26)/b9-7+. The molecule has 0 bridgehead atoms. The number of hydrogen-bond acceptors (Lipinski definition) is 5. The Morgan fingerprint density at radius 1 is 1.07 bits per heavy atom. The molecular weight excluding hydrogens is 395 g/mol. The van der Waals surface area contributed by atoms with Gasteiger partial charge in [-0.25, -0.2) is 9.18 Å². The number of methoxy groups -OCH3 is 1. The van der Waals surface area contributed by atoms with Crippen molar-refractivity contribution in [3.8, 4) is 21.9 Å². The van der Waals surface area contributed by atoms with E-state index in [1.807, 2.05) is 12.1 Å². The minimum Gasteiger partial charge on any atom is -0.493 e. The summed E-state index contributed by atoms with van der Waals surface area (Å²) in [5.41, 5.74) is 1.29. The van der Waals surface area contributed by atoms with E-state index in [0.717, 1.165) is 15.3 Å². The Morgan fingerprint density at radius 2 is 1.83 bits per heavy atom. The van der Waals surface area contributed by atoms with Crippen LogP contribution >= 0.6 is 11.3 Å². The van der Waals surface area contributed by atoms with E-state index in [9.17, 15) is 14.0 Å². The van der Waals surface area contributed by atoms with Gasteiger partial charge in [0.1, 0.15) is 5.82 Å². The number of allylic oxidation sites excluding steroid dienone is 1. The van der Waals surface area contributed by atoms with Gasteiger partial charge in [0.05, 0.1) is 7.11 Å². The lowest BCUT2D eigenvalue weighted by molar-refractivity contribution is -0.139. The molecule has 0 unspecified atom stereocenters. The predicted octanol–water partition coefficient (Wildman–Crippen LogP) is 4.92. The van der Waals surface area contributed by atoms with E-state index in [2.05, 4.69) is 0 Å². The molecule has 2 aromatic carbocycles. The number of ether oxygens (including phenoxy) is 2. The lowest BCUT2D eigenvalue weighted by Gasteiger charge is -2.09. The molecule has 0 saturated carbocycles. The number of thiophene rings is 1. The van der Waals surface area contributed by atoms with Crippen molar-refractivity contribution in [2.75, 3.05) is 13.7 Å². The molecule has 0 aliphatic carbocycles. The van der Waals surface area contributed by atoms with E-state index in [1.165, 1.54) is 48.8 Å². The van der Waals surface area contributed by atoms with Crippen LogP contribution in [0.1, 0.15) is 15.2 Å². The third-order valence-corrected chi connectivity index (χ3v) is 5.05. The largest absolute Gasteiger partial charge is 0.493 e. The summed E-state index contributed by atoms with van der Waals surface area (Å²) in [5.74, 6) is -1.10. The van der Waals surface area contributed by atoms with Gasteiger partial charge in [-0.2, -0.15) is 0 Å². The van der Waals surface area contributed by atoms with Gasteiger partial charge in [0.15, 0.2) is 23.9 Å². The van der Waals surface area contributed by atoms with Crippen molar-refractivity contribution in [2.24, 2.45) is 0 Å². The van der Waals surface area contributed by atoms with Gasteiger partial charge in [0.25, 0.3) is 0 Å². The smallest absolute Gasteiger partial charge is 0.341 e. The van der Waals surface area contributed by atoms with Crippen molar-refractivity contribution in [1.82, 2.24) is 0 Å². The van der Waals surface area contributed by atoms with Crippen LogP contribution in [0.25, 0.3) is 16.5 Å². The molecule has 0 spiro atoms. The fourth-order valence-electron chi connectivity index (χ4n) is 2.55. The highest BCUT2D eigenvalue weighted by molar-refractivity contribution is 7.16. The second kappa shape index (κ2) is 9.16. The average Bonchev–Trinajstić information content (AvgIpc) is 3.19. The van der Waals surface area contributed by atoms with Gasteiger partial charge in [0, 0.05) is 15.3 Å². The van der Waals surface area contributed by atoms with Crippen molar-refractivity contribution in [3.63, 3.8) is 0 Å². The third-order valence-electron chi connectivity index (χ3n) is 3.95. The summed E-state index contributed by atoms with van der Waals surface area (Å²) in [6.45, 7) is -0.502. The maximum absolute atomic E-state index is 13.0. The van der Waals surface area contributed by atoms with Gasteiger partial charge in [-0.3, -0.25) is 4.79 Å². The van der Waals surface area contributed by atoms with E-state index in [-0.39, 0.29) is 23.1 Å². The number of carboxylic acid groups (broad SMARTS) is 1. The van der Waals surface area contributed by atoms with E-state index >= 15 is 0 Å². The molecule has 3 rings (SSSR count). The first kappa shape index (κ1) is 20.3. The summed E-state index contributed by atoms with van der Waals surface area (Å²) in [7, 11) is 1.41. The van der Waals surface area contributed by atoms with Crippen molar-refractivity contribution < 1.29 is 28.6 Å². The molecule has 148 valence electrons. The van der Waals surface area contributed by atoms with Crippen LogP contribution < -0.4 is 9.47 Å². The van der Waals surface area contributed by atoms with Crippen LogP contribution in [-0.4, -0.2) is 30.6 Å². The van der Waals surface area contributed by atoms with Gasteiger partial charge in [-0.15, -0.1) is 11.3 Å². The van der Waals surface area contributed by atoms with Gasteiger partial charge >= 0.3 is 5.97 Å². The highest BCUT2D eigenvalue weighted by atomic mass is 32.1. The quantitative estimate of drug-likeness (QED) is 0.420. The number of aliphatic carboxylic acids is 1. The van der Waals surface area contributed by atoms with Gasteiger partial charge < -0.3 is 14.6 Å². The van der Waals surface area contributed by atoms with Crippen molar-refractivity contribution in [2.45, 2.75) is 0 Å². The number of carboxylic acids is 1. The minimum atomic E-state index is -1.11. The number of rotatable bonds is 8. The van der Waals surface area contributed by atoms with Gasteiger partial charge in [-0.1, -0.05) is 12.1 Å². The Labute approximate surface area is 170 Å². The summed E-state index contributed by atoms with van der Waals surface area (Å²) in [6, 6.07) is 14.6. The van der Waals surface area contributed by atoms with Crippen LogP contribution in [-0.2, 0) is 4.79 Å². The zero-order chi connectivity index (χ0) is 20.8.